The number of hydrogen-bond donors (Lipinski definition) is 0. The van der Waals surface area contributed by atoms with Crippen LogP contribution in [0.5, 0.6) is 5.75 Å². The Morgan fingerprint density at radius 3 is 2.58 bits per heavy atom. The van der Waals surface area contributed by atoms with Gasteiger partial charge in [-0.3, -0.25) is 9.36 Å². The Kier molecular flexibility index (Phi) is 8.00. The van der Waals surface area contributed by atoms with Crippen LogP contribution in [0.25, 0.3) is 12.2 Å². The fraction of sp³-hybridized carbons (Fsp3) is 0.458. The van der Waals surface area contributed by atoms with Gasteiger partial charge < -0.3 is 14.2 Å². The molecule has 0 bridgehead atoms. The summed E-state index contributed by atoms with van der Waals surface area (Å²) in [7, 11) is 0. The highest BCUT2D eigenvalue weighted by Gasteiger charge is 2.20. The number of carbonyl (C=O) groups excluding carboxylic acids is 1. The monoisotopic (exact) mass is 426 g/mol. The molecule has 1 aliphatic carbocycles. The van der Waals surface area contributed by atoms with E-state index in [2.05, 4.69) is 4.98 Å². The van der Waals surface area contributed by atoms with Crippen molar-refractivity contribution in [2.24, 2.45) is 0 Å². The Balaban J connectivity index is 1.60. The maximum absolute atomic E-state index is 12.7. The number of ether oxygens (including phenoxy) is 3. The van der Waals surface area contributed by atoms with Gasteiger partial charge in [0.25, 0.3) is 5.56 Å². The molecule has 1 heterocycles. The normalized spacial score (nSPS) is 13.5. The van der Waals surface area contributed by atoms with Crippen LogP contribution in [0.15, 0.2) is 29.1 Å². The zero-order valence-corrected chi connectivity index (χ0v) is 18.4. The van der Waals surface area contributed by atoms with Crippen molar-refractivity contribution in [2.45, 2.75) is 52.7 Å². The molecule has 0 saturated carbocycles. The Morgan fingerprint density at radius 2 is 1.87 bits per heavy atom. The van der Waals surface area contributed by atoms with Crippen LogP contribution in [-0.2, 0) is 27.2 Å². The second-order valence-corrected chi connectivity index (χ2v) is 7.29. The van der Waals surface area contributed by atoms with E-state index in [0.29, 0.717) is 49.6 Å². The molecule has 1 atom stereocenters. The Labute approximate surface area is 182 Å². The number of aromatic nitrogens is 2. The van der Waals surface area contributed by atoms with E-state index >= 15 is 0 Å². The van der Waals surface area contributed by atoms with Gasteiger partial charge in [-0.15, -0.1) is 0 Å². The third kappa shape index (κ3) is 5.82. The summed E-state index contributed by atoms with van der Waals surface area (Å²) in [5, 5.41) is 1.47. The highest BCUT2D eigenvalue weighted by Crippen LogP contribution is 2.15. The molecule has 0 N–H and O–H groups in total. The number of fused-ring (bicyclic) bond motifs is 1. The summed E-state index contributed by atoms with van der Waals surface area (Å²) in [6.07, 6.45) is 5.60. The van der Waals surface area contributed by atoms with Gasteiger partial charge in [0.2, 0.25) is 0 Å². The number of rotatable bonds is 10. The first-order valence-corrected chi connectivity index (χ1v) is 10.8. The van der Waals surface area contributed by atoms with Crippen molar-refractivity contribution in [1.82, 2.24) is 9.55 Å². The second kappa shape index (κ2) is 10.9. The molecule has 2 aromatic rings. The molecule has 0 unspecified atom stereocenters. The molecule has 0 radical (unpaired) electrons. The minimum Gasteiger partial charge on any atom is -0.492 e. The van der Waals surface area contributed by atoms with Crippen molar-refractivity contribution < 1.29 is 19.0 Å². The molecule has 31 heavy (non-hydrogen) atoms. The molecule has 0 fully saturated rings. The van der Waals surface area contributed by atoms with Crippen LogP contribution in [-0.4, -0.2) is 41.4 Å². The van der Waals surface area contributed by atoms with Gasteiger partial charge in [0.1, 0.15) is 18.2 Å². The number of aryl methyl sites for hydroxylation is 1. The predicted molar refractivity (Wildman–Crippen MR) is 118 cm³/mol. The summed E-state index contributed by atoms with van der Waals surface area (Å²) >= 11 is 0. The van der Waals surface area contributed by atoms with Gasteiger partial charge in [0.05, 0.1) is 23.7 Å². The second-order valence-electron chi connectivity index (χ2n) is 7.29. The lowest BCUT2D eigenvalue weighted by Crippen LogP contribution is -2.49. The molecule has 1 aromatic carbocycles. The van der Waals surface area contributed by atoms with Crippen molar-refractivity contribution in [2.75, 3.05) is 19.8 Å². The van der Waals surface area contributed by atoms with E-state index in [4.69, 9.17) is 14.2 Å². The number of nitrogens with zero attached hydrogens (tertiary/aromatic N) is 2. The average molecular weight is 427 g/mol. The average Bonchev–Trinajstić information content (AvgIpc) is 2.77. The lowest BCUT2D eigenvalue weighted by atomic mass is 10.1. The molecule has 0 amide bonds. The Bertz CT molecular complexity index is 1070. The first-order valence-electron chi connectivity index (χ1n) is 10.8. The van der Waals surface area contributed by atoms with Crippen molar-refractivity contribution in [3.05, 3.63) is 56.6 Å². The van der Waals surface area contributed by atoms with Crippen molar-refractivity contribution in [3.8, 4) is 5.75 Å². The molecule has 7 heteroatoms. The summed E-state index contributed by atoms with van der Waals surface area (Å²) in [6, 6.07) is 7.52. The van der Waals surface area contributed by atoms with Crippen molar-refractivity contribution in [1.29, 1.82) is 0 Å². The van der Waals surface area contributed by atoms with E-state index in [1.54, 1.807) is 11.5 Å². The topological polar surface area (TPSA) is 79.7 Å². The standard InChI is InChI=1S/C24H30N2O5/c1-4-29-22(24(28)30-5-2)16-18-10-12-19(13-11-18)31-15-14-26-17(3)25-21-9-7-6-8-20(21)23(26)27/h8-13,22H,4-7,14-16H2,1-3H3/t22-/m1/s1. The van der Waals surface area contributed by atoms with Gasteiger partial charge >= 0.3 is 5.97 Å². The van der Waals surface area contributed by atoms with Gasteiger partial charge in [0.15, 0.2) is 6.10 Å². The minimum absolute atomic E-state index is 0.0154. The molecule has 0 saturated heterocycles. The lowest BCUT2D eigenvalue weighted by molar-refractivity contribution is -0.156. The van der Waals surface area contributed by atoms with Crippen LogP contribution in [0.3, 0.4) is 0 Å². The van der Waals surface area contributed by atoms with Crippen LogP contribution in [0.4, 0.5) is 0 Å². The molecular weight excluding hydrogens is 396 g/mol. The first-order chi connectivity index (χ1) is 15.0. The van der Waals surface area contributed by atoms with Crippen molar-refractivity contribution in [3.63, 3.8) is 0 Å². The maximum Gasteiger partial charge on any atom is 0.335 e. The Morgan fingerprint density at radius 1 is 1.13 bits per heavy atom. The van der Waals surface area contributed by atoms with E-state index in [9.17, 15) is 9.59 Å². The minimum atomic E-state index is -0.614. The highest BCUT2D eigenvalue weighted by molar-refractivity contribution is 5.75. The van der Waals surface area contributed by atoms with E-state index in [-0.39, 0.29) is 11.5 Å². The highest BCUT2D eigenvalue weighted by atomic mass is 16.6. The number of carbonyl (C=O) groups is 1. The van der Waals surface area contributed by atoms with E-state index < -0.39 is 6.10 Å². The van der Waals surface area contributed by atoms with Crippen LogP contribution >= 0.6 is 0 Å². The number of benzene rings is 1. The molecule has 166 valence electrons. The third-order valence-electron chi connectivity index (χ3n) is 5.12. The van der Waals surface area contributed by atoms with Gasteiger partial charge in [-0.25, -0.2) is 9.78 Å². The Hall–Kier alpha value is -2.93. The molecule has 0 aliphatic heterocycles. The SMILES string of the molecule is CCOC(=O)[C@@H](Cc1ccc(OCCn2c(C)nc3c(c2=O)=CCCC=3)cc1)OCC. The number of hydrogen-bond acceptors (Lipinski definition) is 6. The smallest absolute Gasteiger partial charge is 0.335 e. The van der Waals surface area contributed by atoms with Crippen LogP contribution in [0.2, 0.25) is 0 Å². The third-order valence-corrected chi connectivity index (χ3v) is 5.12. The lowest BCUT2D eigenvalue weighted by Gasteiger charge is -2.16. The maximum atomic E-state index is 12.7. The van der Waals surface area contributed by atoms with Crippen LogP contribution < -0.4 is 20.9 Å². The summed E-state index contributed by atoms with van der Waals surface area (Å²) in [5.74, 6) is 1.04. The first kappa shape index (κ1) is 22.7. The van der Waals surface area contributed by atoms with Crippen LogP contribution in [0, 0.1) is 6.92 Å². The van der Waals surface area contributed by atoms with Gasteiger partial charge in [-0.1, -0.05) is 24.3 Å². The number of esters is 1. The molecule has 1 aromatic heterocycles. The van der Waals surface area contributed by atoms with E-state index in [1.807, 2.05) is 50.3 Å². The zero-order valence-electron chi connectivity index (χ0n) is 18.4. The summed E-state index contributed by atoms with van der Waals surface area (Å²) < 4.78 is 18.1. The van der Waals surface area contributed by atoms with E-state index in [0.717, 1.165) is 23.8 Å². The molecule has 0 spiro atoms. The van der Waals surface area contributed by atoms with Crippen LogP contribution in [0.1, 0.15) is 38.1 Å². The summed E-state index contributed by atoms with van der Waals surface area (Å²) in [5.41, 5.74) is 0.940. The van der Waals surface area contributed by atoms with Gasteiger partial charge in [-0.2, -0.15) is 0 Å². The van der Waals surface area contributed by atoms with E-state index in [1.165, 1.54) is 0 Å². The quantitative estimate of drug-likeness (QED) is 0.536. The predicted octanol–water partition coefficient (Wildman–Crippen LogP) is 1.50. The zero-order chi connectivity index (χ0) is 22.2. The largest absolute Gasteiger partial charge is 0.492 e. The molecular formula is C24H30N2O5. The van der Waals surface area contributed by atoms with Gasteiger partial charge in [0, 0.05) is 13.0 Å². The van der Waals surface area contributed by atoms with Crippen molar-refractivity contribution >= 4 is 18.1 Å². The van der Waals surface area contributed by atoms with Gasteiger partial charge in [-0.05, 0) is 51.3 Å². The summed E-state index contributed by atoms with van der Waals surface area (Å²) in [6.45, 7) is 7.02. The fourth-order valence-corrected chi connectivity index (χ4v) is 3.59. The fourth-order valence-electron chi connectivity index (χ4n) is 3.59. The molecule has 3 rings (SSSR count). The molecule has 7 nitrogen and oxygen atoms in total. The molecule has 1 aliphatic rings. The summed E-state index contributed by atoms with van der Waals surface area (Å²) in [4.78, 5) is 29.3.